The number of aryl methyl sites for hydroxylation is 1. The first-order valence-corrected chi connectivity index (χ1v) is 8.54. The van der Waals surface area contributed by atoms with Crippen molar-refractivity contribution in [1.29, 1.82) is 0 Å². The Morgan fingerprint density at radius 2 is 1.81 bits per heavy atom. The van der Waals surface area contributed by atoms with Crippen molar-refractivity contribution >= 4 is 28.5 Å². The van der Waals surface area contributed by atoms with E-state index in [4.69, 9.17) is 4.74 Å². The van der Waals surface area contributed by atoms with Crippen LogP contribution in [-0.4, -0.2) is 27.5 Å². The molecule has 2 aromatic carbocycles. The van der Waals surface area contributed by atoms with Crippen LogP contribution in [0.3, 0.4) is 0 Å². The van der Waals surface area contributed by atoms with Gasteiger partial charge in [-0.3, -0.25) is 19.0 Å². The van der Waals surface area contributed by atoms with E-state index in [9.17, 15) is 14.4 Å². The van der Waals surface area contributed by atoms with Crippen LogP contribution < -0.4 is 10.9 Å². The van der Waals surface area contributed by atoms with Crippen LogP contribution in [0.4, 0.5) is 5.69 Å². The van der Waals surface area contributed by atoms with Crippen molar-refractivity contribution in [3.05, 3.63) is 71.3 Å². The zero-order valence-corrected chi connectivity index (χ0v) is 14.8. The zero-order valence-electron chi connectivity index (χ0n) is 14.8. The van der Waals surface area contributed by atoms with E-state index in [1.54, 1.807) is 48.5 Å². The highest BCUT2D eigenvalue weighted by Gasteiger charge is 2.18. The molecule has 138 valence electrons. The van der Waals surface area contributed by atoms with E-state index < -0.39 is 18.0 Å². The number of rotatable bonds is 6. The Hall–Kier alpha value is -3.48. The normalized spacial score (nSPS) is 11.7. The molecule has 0 saturated carbocycles. The molecule has 0 aliphatic carbocycles. The molecule has 1 unspecified atom stereocenters. The molecule has 1 aromatic heterocycles. The number of ether oxygens (including phenoxy) is 1. The topological polar surface area (TPSA) is 90.3 Å². The van der Waals surface area contributed by atoms with Gasteiger partial charge >= 0.3 is 5.97 Å². The first kappa shape index (κ1) is 18.3. The van der Waals surface area contributed by atoms with Crippen molar-refractivity contribution < 1.29 is 14.3 Å². The number of aromatic nitrogens is 2. The molecule has 0 aliphatic rings. The fourth-order valence-corrected chi connectivity index (χ4v) is 2.55. The van der Waals surface area contributed by atoms with Crippen LogP contribution in [0, 0.1) is 0 Å². The van der Waals surface area contributed by atoms with Crippen molar-refractivity contribution in [2.45, 2.75) is 26.0 Å². The number of anilines is 1. The lowest BCUT2D eigenvalue weighted by molar-refractivity contribution is -0.153. The summed E-state index contributed by atoms with van der Waals surface area (Å²) in [6.07, 6.45) is 0.427. The molecule has 1 amide bonds. The van der Waals surface area contributed by atoms with Gasteiger partial charge in [-0.25, -0.2) is 4.98 Å². The third kappa shape index (κ3) is 4.58. The van der Waals surface area contributed by atoms with Gasteiger partial charge in [0.15, 0.2) is 6.10 Å². The van der Waals surface area contributed by atoms with Crippen molar-refractivity contribution in [1.82, 2.24) is 9.55 Å². The van der Waals surface area contributed by atoms with Crippen LogP contribution in [0.15, 0.2) is 65.7 Å². The van der Waals surface area contributed by atoms with Crippen LogP contribution in [-0.2, 0) is 20.9 Å². The third-order valence-electron chi connectivity index (χ3n) is 4.01. The summed E-state index contributed by atoms with van der Waals surface area (Å²) >= 11 is 0. The largest absolute Gasteiger partial charge is 0.452 e. The van der Waals surface area contributed by atoms with Crippen LogP contribution in [0.25, 0.3) is 10.9 Å². The molecule has 0 spiro atoms. The molecule has 7 heteroatoms. The van der Waals surface area contributed by atoms with Gasteiger partial charge in [0.25, 0.3) is 11.5 Å². The van der Waals surface area contributed by atoms with Crippen LogP contribution >= 0.6 is 0 Å². The maximum atomic E-state index is 12.4. The molecule has 3 rings (SSSR count). The number of amides is 1. The van der Waals surface area contributed by atoms with Gasteiger partial charge < -0.3 is 10.1 Å². The Morgan fingerprint density at radius 3 is 2.59 bits per heavy atom. The van der Waals surface area contributed by atoms with Gasteiger partial charge in [-0.2, -0.15) is 0 Å². The second-order valence-corrected chi connectivity index (χ2v) is 6.00. The molecule has 0 aliphatic heterocycles. The van der Waals surface area contributed by atoms with Gasteiger partial charge in [-0.15, -0.1) is 0 Å². The molecular formula is C20H19N3O4. The summed E-state index contributed by atoms with van der Waals surface area (Å²) < 4.78 is 6.51. The lowest BCUT2D eigenvalue weighted by Crippen LogP contribution is -2.30. The number of hydrogen-bond donors (Lipinski definition) is 1. The van der Waals surface area contributed by atoms with Gasteiger partial charge in [0.2, 0.25) is 0 Å². The number of benzene rings is 2. The summed E-state index contributed by atoms with van der Waals surface area (Å²) in [4.78, 5) is 40.7. The van der Waals surface area contributed by atoms with Gasteiger partial charge in [0.1, 0.15) is 0 Å². The monoisotopic (exact) mass is 365 g/mol. The van der Waals surface area contributed by atoms with E-state index in [0.717, 1.165) is 0 Å². The zero-order chi connectivity index (χ0) is 19.2. The number of nitrogens with zero attached hydrogens (tertiary/aromatic N) is 2. The summed E-state index contributed by atoms with van der Waals surface area (Å²) in [5.74, 6) is -0.982. The lowest BCUT2D eigenvalue weighted by Gasteiger charge is -2.14. The van der Waals surface area contributed by atoms with Crippen LogP contribution in [0.1, 0.15) is 13.3 Å². The Balaban J connectivity index is 1.56. The van der Waals surface area contributed by atoms with Crippen molar-refractivity contribution in [2.24, 2.45) is 0 Å². The molecule has 3 aromatic rings. The van der Waals surface area contributed by atoms with E-state index in [1.165, 1.54) is 17.8 Å². The van der Waals surface area contributed by atoms with E-state index in [-0.39, 0.29) is 18.5 Å². The number of nitrogens with one attached hydrogen (secondary N) is 1. The summed E-state index contributed by atoms with van der Waals surface area (Å²) in [6, 6.07) is 15.9. The summed E-state index contributed by atoms with van der Waals surface area (Å²) in [5, 5.41) is 3.16. The number of fused-ring (bicyclic) bond motifs is 1. The Kier molecular flexibility index (Phi) is 5.61. The minimum atomic E-state index is -0.941. The SMILES string of the molecule is CC(OC(=O)CCn1cnc2ccccc2c1=O)C(=O)Nc1ccccc1. The predicted molar refractivity (Wildman–Crippen MR) is 101 cm³/mol. The van der Waals surface area contributed by atoms with Crippen molar-refractivity contribution in [3.63, 3.8) is 0 Å². The predicted octanol–water partition coefficient (Wildman–Crippen LogP) is 2.36. The molecule has 1 heterocycles. The van der Waals surface area contributed by atoms with E-state index in [1.807, 2.05) is 6.07 Å². The first-order valence-electron chi connectivity index (χ1n) is 8.54. The fourth-order valence-electron chi connectivity index (χ4n) is 2.55. The number of carbonyl (C=O) groups is 2. The highest BCUT2D eigenvalue weighted by molar-refractivity contribution is 5.95. The van der Waals surface area contributed by atoms with E-state index in [0.29, 0.717) is 16.6 Å². The molecule has 7 nitrogen and oxygen atoms in total. The molecule has 1 N–H and O–H groups in total. The number of carbonyl (C=O) groups excluding carboxylic acids is 2. The van der Waals surface area contributed by atoms with Gasteiger partial charge in [0.05, 0.1) is 23.7 Å². The summed E-state index contributed by atoms with van der Waals surface area (Å²) in [5.41, 5.74) is 1.01. The Labute approximate surface area is 155 Å². The van der Waals surface area contributed by atoms with E-state index >= 15 is 0 Å². The van der Waals surface area contributed by atoms with E-state index in [2.05, 4.69) is 10.3 Å². The molecule has 27 heavy (non-hydrogen) atoms. The van der Waals surface area contributed by atoms with Gasteiger partial charge in [-0.05, 0) is 31.2 Å². The number of hydrogen-bond acceptors (Lipinski definition) is 5. The van der Waals surface area contributed by atoms with Crippen LogP contribution in [0.5, 0.6) is 0 Å². The maximum Gasteiger partial charge on any atom is 0.308 e. The maximum absolute atomic E-state index is 12.4. The summed E-state index contributed by atoms with van der Waals surface area (Å²) in [6.45, 7) is 1.63. The van der Waals surface area contributed by atoms with Crippen molar-refractivity contribution in [2.75, 3.05) is 5.32 Å². The quantitative estimate of drug-likeness (QED) is 0.677. The van der Waals surface area contributed by atoms with Crippen molar-refractivity contribution in [3.8, 4) is 0 Å². The highest BCUT2D eigenvalue weighted by Crippen LogP contribution is 2.08. The second kappa shape index (κ2) is 8.27. The lowest BCUT2D eigenvalue weighted by atomic mass is 10.2. The molecule has 0 bridgehead atoms. The molecule has 1 atom stereocenters. The number of para-hydroxylation sites is 2. The molecular weight excluding hydrogens is 346 g/mol. The van der Waals surface area contributed by atoms with Gasteiger partial charge in [0, 0.05) is 12.2 Å². The molecule has 0 saturated heterocycles. The second-order valence-electron chi connectivity index (χ2n) is 6.00. The standard InChI is InChI=1S/C20H19N3O4/c1-14(19(25)22-15-7-3-2-4-8-15)27-18(24)11-12-23-13-21-17-10-6-5-9-16(17)20(23)26/h2-10,13-14H,11-12H2,1H3,(H,22,25). The minimum absolute atomic E-state index is 0.0388. The average Bonchev–Trinajstić information content (AvgIpc) is 2.68. The van der Waals surface area contributed by atoms with Crippen LogP contribution in [0.2, 0.25) is 0 Å². The molecule has 0 fully saturated rings. The minimum Gasteiger partial charge on any atom is -0.452 e. The Morgan fingerprint density at radius 1 is 1.11 bits per heavy atom. The van der Waals surface area contributed by atoms with Gasteiger partial charge in [-0.1, -0.05) is 30.3 Å². The summed E-state index contributed by atoms with van der Waals surface area (Å²) in [7, 11) is 0. The Bertz CT molecular complexity index is 1010. The number of esters is 1. The highest BCUT2D eigenvalue weighted by atomic mass is 16.5. The first-order chi connectivity index (χ1) is 13.0. The third-order valence-corrected chi connectivity index (χ3v) is 4.01. The fraction of sp³-hybridized carbons (Fsp3) is 0.200. The molecule has 0 radical (unpaired) electrons. The average molecular weight is 365 g/mol. The smallest absolute Gasteiger partial charge is 0.308 e.